The first kappa shape index (κ1) is 14.8. The van der Waals surface area contributed by atoms with Crippen LogP contribution in [-0.2, 0) is 16.2 Å². The van der Waals surface area contributed by atoms with Crippen molar-refractivity contribution < 1.29 is 19.3 Å². The predicted octanol–water partition coefficient (Wildman–Crippen LogP) is 1.26. The number of alkyl carbamates (subject to hydrolysis) is 1. The van der Waals surface area contributed by atoms with E-state index in [4.69, 9.17) is 4.74 Å². The smallest absolute Gasteiger partial charge is 0.413 e. The number of carbonyl (C=O) groups is 1. The quantitative estimate of drug-likeness (QED) is 0.487. The average Bonchev–Trinajstić information content (AvgIpc) is 2.37. The number of non-ortho nitro benzene ring substituents is 1. The van der Waals surface area contributed by atoms with E-state index in [0.717, 1.165) is 0 Å². The van der Waals surface area contributed by atoms with Gasteiger partial charge in [0.1, 0.15) is 6.61 Å². The second-order valence-corrected chi connectivity index (χ2v) is 3.67. The third kappa shape index (κ3) is 5.27. The third-order valence-electron chi connectivity index (χ3n) is 1.93. The number of rotatable bonds is 4. The molecule has 2 N–H and O–H groups in total. The van der Waals surface area contributed by atoms with Gasteiger partial charge in [0.15, 0.2) is 5.11 Å². The minimum absolute atomic E-state index is 0.0284. The van der Waals surface area contributed by atoms with E-state index in [1.807, 2.05) is 0 Å². The fourth-order valence-electron chi connectivity index (χ4n) is 1.11. The molecule has 19 heavy (non-hydrogen) atoms. The van der Waals surface area contributed by atoms with Crippen LogP contribution in [0.2, 0.25) is 0 Å². The van der Waals surface area contributed by atoms with Crippen LogP contribution in [0.25, 0.3) is 0 Å². The molecule has 0 spiro atoms. The van der Waals surface area contributed by atoms with Gasteiger partial charge in [0.05, 0.1) is 12.0 Å². The summed E-state index contributed by atoms with van der Waals surface area (Å²) in [6.07, 6.45) is -0.757. The van der Waals surface area contributed by atoms with Crippen molar-refractivity contribution in [3.05, 3.63) is 39.9 Å². The first-order valence-corrected chi connectivity index (χ1v) is 5.44. The lowest BCUT2D eigenvalue weighted by Crippen LogP contribution is -2.38. The summed E-state index contributed by atoms with van der Waals surface area (Å²) in [5.41, 5.74) is 2.83. The minimum Gasteiger partial charge on any atom is -0.444 e. The van der Waals surface area contributed by atoms with Gasteiger partial charge in [-0.25, -0.2) is 10.3 Å². The number of carbonyl (C=O) groups excluding carboxylic acids is 1. The van der Waals surface area contributed by atoms with Crippen LogP contribution in [-0.4, -0.2) is 23.2 Å². The third-order valence-corrected chi connectivity index (χ3v) is 2.11. The molecule has 0 radical (unpaired) electrons. The second kappa shape index (κ2) is 7.24. The molecule has 1 aromatic carbocycles. The second-order valence-electron chi connectivity index (χ2n) is 3.26. The van der Waals surface area contributed by atoms with E-state index < -0.39 is 11.0 Å². The van der Waals surface area contributed by atoms with Gasteiger partial charge in [0.25, 0.3) is 5.69 Å². The van der Waals surface area contributed by atoms with Gasteiger partial charge in [-0.1, -0.05) is 0 Å². The van der Waals surface area contributed by atoms with E-state index in [-0.39, 0.29) is 17.4 Å². The van der Waals surface area contributed by atoms with E-state index in [1.54, 1.807) is 0 Å². The summed E-state index contributed by atoms with van der Waals surface area (Å²) in [7, 11) is 1.34. The van der Waals surface area contributed by atoms with Crippen LogP contribution < -0.4 is 10.8 Å². The highest BCUT2D eigenvalue weighted by molar-refractivity contribution is 7.80. The van der Waals surface area contributed by atoms with Gasteiger partial charge in [-0.05, 0) is 29.9 Å². The standard InChI is InChI=1S/C10H11N3O5S/c1-17-12-9(19)11-10(14)18-6-7-2-4-8(5-3-7)13(15)16/h2-5H,6H2,1H3,(H2,11,12,14,19). The number of benzene rings is 1. The number of hydrogen-bond acceptors (Lipinski definition) is 6. The molecule has 0 saturated carbocycles. The molecule has 0 aliphatic heterocycles. The molecule has 0 aliphatic carbocycles. The van der Waals surface area contributed by atoms with Crippen molar-refractivity contribution in [1.82, 2.24) is 10.8 Å². The van der Waals surface area contributed by atoms with E-state index in [1.165, 1.54) is 31.4 Å². The van der Waals surface area contributed by atoms with Gasteiger partial charge >= 0.3 is 6.09 Å². The molecule has 102 valence electrons. The Morgan fingerprint density at radius 3 is 2.58 bits per heavy atom. The lowest BCUT2D eigenvalue weighted by Gasteiger charge is -2.08. The summed E-state index contributed by atoms with van der Waals surface area (Å²) in [5, 5.41) is 12.6. The van der Waals surface area contributed by atoms with Crippen molar-refractivity contribution in [2.75, 3.05) is 7.11 Å². The van der Waals surface area contributed by atoms with Crippen LogP contribution in [0.4, 0.5) is 10.5 Å². The zero-order valence-electron chi connectivity index (χ0n) is 9.91. The Morgan fingerprint density at radius 2 is 2.05 bits per heavy atom. The molecule has 1 aromatic rings. The summed E-state index contributed by atoms with van der Waals surface area (Å²) in [6.45, 7) is -0.0284. The summed E-state index contributed by atoms with van der Waals surface area (Å²) < 4.78 is 4.84. The number of nitrogens with zero attached hydrogens (tertiary/aromatic N) is 1. The lowest BCUT2D eigenvalue weighted by atomic mass is 10.2. The van der Waals surface area contributed by atoms with Gasteiger partial charge < -0.3 is 4.74 Å². The SMILES string of the molecule is CONC(=S)NC(=O)OCc1ccc([N+](=O)[O-])cc1. The summed E-state index contributed by atoms with van der Waals surface area (Å²) in [6, 6.07) is 5.65. The number of thiocarbonyl (C=S) groups is 1. The number of nitro benzene ring substituents is 1. The molecular weight excluding hydrogens is 274 g/mol. The molecule has 0 saturated heterocycles. The predicted molar refractivity (Wildman–Crippen MR) is 69.2 cm³/mol. The Bertz CT molecular complexity index is 477. The Balaban J connectivity index is 2.42. The molecule has 1 rings (SSSR count). The monoisotopic (exact) mass is 285 g/mol. The zero-order chi connectivity index (χ0) is 14.3. The molecule has 0 atom stereocenters. The molecule has 9 heteroatoms. The van der Waals surface area contributed by atoms with Gasteiger partial charge in [-0.2, -0.15) is 0 Å². The van der Waals surface area contributed by atoms with Gasteiger partial charge in [0.2, 0.25) is 0 Å². The van der Waals surface area contributed by atoms with Crippen LogP contribution in [0, 0.1) is 10.1 Å². The first-order valence-electron chi connectivity index (χ1n) is 5.03. The highest BCUT2D eigenvalue weighted by Crippen LogP contribution is 2.12. The van der Waals surface area contributed by atoms with Gasteiger partial charge in [-0.15, -0.1) is 0 Å². The van der Waals surface area contributed by atoms with Crippen LogP contribution in [0.5, 0.6) is 0 Å². The fraction of sp³-hybridized carbons (Fsp3) is 0.200. The minimum atomic E-state index is -0.757. The van der Waals surface area contributed by atoms with Crippen molar-refractivity contribution in [2.24, 2.45) is 0 Å². The molecule has 8 nitrogen and oxygen atoms in total. The number of hydroxylamine groups is 1. The highest BCUT2D eigenvalue weighted by atomic mass is 32.1. The Morgan fingerprint density at radius 1 is 1.42 bits per heavy atom. The average molecular weight is 285 g/mol. The highest BCUT2D eigenvalue weighted by Gasteiger charge is 2.07. The lowest BCUT2D eigenvalue weighted by molar-refractivity contribution is -0.384. The maximum atomic E-state index is 11.3. The summed E-state index contributed by atoms with van der Waals surface area (Å²) in [4.78, 5) is 25.7. The van der Waals surface area contributed by atoms with Gasteiger partial charge in [-0.3, -0.25) is 20.3 Å². The van der Waals surface area contributed by atoms with Crippen molar-refractivity contribution in [3.8, 4) is 0 Å². The fourth-order valence-corrected chi connectivity index (χ4v) is 1.28. The molecule has 0 unspecified atom stereocenters. The maximum Gasteiger partial charge on any atom is 0.413 e. The van der Waals surface area contributed by atoms with E-state index in [9.17, 15) is 14.9 Å². The Hall–Kier alpha value is -2.26. The Labute approximate surface area is 113 Å². The van der Waals surface area contributed by atoms with Crippen LogP contribution in [0.1, 0.15) is 5.56 Å². The molecule has 0 aliphatic rings. The summed E-state index contributed by atoms with van der Waals surface area (Å²) in [5.74, 6) is 0. The van der Waals surface area contributed by atoms with Crippen molar-refractivity contribution in [3.63, 3.8) is 0 Å². The number of amides is 1. The molecule has 1 amide bonds. The van der Waals surface area contributed by atoms with E-state index in [0.29, 0.717) is 5.56 Å². The number of nitro groups is 1. The van der Waals surface area contributed by atoms with E-state index in [2.05, 4.69) is 27.9 Å². The molecule has 0 fully saturated rings. The topological polar surface area (TPSA) is 103 Å². The van der Waals surface area contributed by atoms with Crippen LogP contribution in [0.3, 0.4) is 0 Å². The van der Waals surface area contributed by atoms with Crippen LogP contribution in [0.15, 0.2) is 24.3 Å². The number of hydrogen-bond donors (Lipinski definition) is 2. The first-order chi connectivity index (χ1) is 9.02. The number of ether oxygens (including phenoxy) is 1. The summed E-state index contributed by atoms with van der Waals surface area (Å²) >= 11 is 4.68. The molecule has 0 heterocycles. The maximum absolute atomic E-state index is 11.3. The largest absolute Gasteiger partial charge is 0.444 e. The molecule has 0 bridgehead atoms. The molecular formula is C10H11N3O5S. The number of nitrogens with one attached hydrogen (secondary N) is 2. The van der Waals surface area contributed by atoms with E-state index >= 15 is 0 Å². The van der Waals surface area contributed by atoms with Crippen molar-refractivity contribution in [1.29, 1.82) is 0 Å². The molecule has 0 aromatic heterocycles. The van der Waals surface area contributed by atoms with Crippen molar-refractivity contribution in [2.45, 2.75) is 6.61 Å². The zero-order valence-corrected chi connectivity index (χ0v) is 10.7. The normalized spacial score (nSPS) is 9.53. The van der Waals surface area contributed by atoms with Gasteiger partial charge in [0, 0.05) is 12.1 Å². The van der Waals surface area contributed by atoms with Crippen LogP contribution >= 0.6 is 12.2 Å². The Kier molecular flexibility index (Phi) is 5.64. The van der Waals surface area contributed by atoms with Crippen molar-refractivity contribution >= 4 is 29.1 Å².